The number of benzene rings is 2. The van der Waals surface area contributed by atoms with Gasteiger partial charge in [0.15, 0.2) is 5.78 Å². The first-order valence-electron chi connectivity index (χ1n) is 7.83. The molecule has 0 atom stereocenters. The fraction of sp³-hybridized carbons (Fsp3) is 0.0526. The lowest BCUT2D eigenvalue weighted by molar-refractivity contribution is -0.135. The molecule has 7 nitrogen and oxygen atoms in total. The first-order chi connectivity index (χ1) is 12.9. The van der Waals surface area contributed by atoms with Crippen LogP contribution in [0.15, 0.2) is 70.4 Å². The Labute approximate surface area is 157 Å². The van der Waals surface area contributed by atoms with E-state index in [9.17, 15) is 19.2 Å². The summed E-state index contributed by atoms with van der Waals surface area (Å²) in [5.74, 6) is -0.657. The van der Waals surface area contributed by atoms with Gasteiger partial charge in [-0.05, 0) is 48.5 Å². The largest absolute Gasteiger partial charge is 0.425 e. The average molecular weight is 385 g/mol. The summed E-state index contributed by atoms with van der Waals surface area (Å²) in [6.45, 7) is -0.360. The van der Waals surface area contributed by atoms with Gasteiger partial charge in [-0.1, -0.05) is 11.6 Å². The molecular weight excluding hydrogens is 372 g/mol. The van der Waals surface area contributed by atoms with Crippen LogP contribution in [-0.2, 0) is 11.3 Å². The van der Waals surface area contributed by atoms with E-state index in [-0.39, 0.29) is 18.1 Å². The van der Waals surface area contributed by atoms with Crippen LogP contribution in [0.3, 0.4) is 0 Å². The minimum Gasteiger partial charge on any atom is -0.425 e. The van der Waals surface area contributed by atoms with E-state index >= 15 is 0 Å². The van der Waals surface area contributed by atoms with Gasteiger partial charge in [0.2, 0.25) is 0 Å². The predicted octanol–water partition coefficient (Wildman–Crippen LogP) is 2.03. The lowest BCUT2D eigenvalue weighted by Gasteiger charge is -2.07. The molecule has 1 N–H and O–H groups in total. The van der Waals surface area contributed by atoms with Crippen molar-refractivity contribution in [3.8, 4) is 5.75 Å². The van der Waals surface area contributed by atoms with Gasteiger partial charge in [-0.3, -0.25) is 19.1 Å². The second kappa shape index (κ2) is 7.84. The molecule has 0 bridgehead atoms. The molecule has 0 fully saturated rings. The summed E-state index contributed by atoms with van der Waals surface area (Å²) in [5.41, 5.74) is -0.343. The fourth-order valence-corrected chi connectivity index (χ4v) is 2.44. The number of ether oxygens (including phenoxy) is 1. The average Bonchev–Trinajstić information content (AvgIpc) is 2.65. The van der Waals surface area contributed by atoms with Crippen molar-refractivity contribution in [2.45, 2.75) is 6.54 Å². The molecule has 0 spiro atoms. The van der Waals surface area contributed by atoms with Crippen molar-refractivity contribution >= 4 is 23.4 Å². The molecule has 2 aromatic carbocycles. The summed E-state index contributed by atoms with van der Waals surface area (Å²) in [6, 6.07) is 13.7. The Kier molecular flexibility index (Phi) is 5.33. The van der Waals surface area contributed by atoms with Crippen molar-refractivity contribution < 1.29 is 14.3 Å². The number of aromatic nitrogens is 2. The maximum absolute atomic E-state index is 12.4. The maximum Gasteiger partial charge on any atom is 0.331 e. The zero-order valence-corrected chi connectivity index (χ0v) is 14.6. The molecule has 0 unspecified atom stereocenters. The highest BCUT2D eigenvalue weighted by atomic mass is 35.5. The number of nitrogens with zero attached hydrogens (tertiary/aromatic N) is 1. The Morgan fingerprint density at radius 2 is 1.52 bits per heavy atom. The lowest BCUT2D eigenvalue weighted by Crippen LogP contribution is -2.32. The highest BCUT2D eigenvalue weighted by Gasteiger charge is 2.11. The molecular formula is C19H13ClN2O5. The molecule has 1 aromatic heterocycles. The van der Waals surface area contributed by atoms with Crippen molar-refractivity contribution in [1.29, 1.82) is 0 Å². The lowest BCUT2D eigenvalue weighted by atomic mass is 10.0. The molecule has 8 heteroatoms. The molecule has 0 aliphatic heterocycles. The normalized spacial score (nSPS) is 10.4. The Morgan fingerprint density at radius 3 is 2.11 bits per heavy atom. The molecule has 3 aromatic rings. The van der Waals surface area contributed by atoms with Crippen molar-refractivity contribution in [3.05, 3.63) is 97.8 Å². The zero-order chi connectivity index (χ0) is 19.4. The van der Waals surface area contributed by atoms with Crippen molar-refractivity contribution in [3.63, 3.8) is 0 Å². The molecule has 0 amide bonds. The first kappa shape index (κ1) is 18.3. The summed E-state index contributed by atoms with van der Waals surface area (Å²) in [6.07, 6.45) is 1.20. The summed E-state index contributed by atoms with van der Waals surface area (Å²) in [7, 11) is 0. The SMILES string of the molecule is O=C(Cn1ccc(=O)[nH]c1=O)Oc1ccc(C(=O)c2ccc(Cl)cc2)cc1. The van der Waals surface area contributed by atoms with Crippen molar-refractivity contribution in [2.24, 2.45) is 0 Å². The molecule has 0 aliphatic carbocycles. The number of aromatic amines is 1. The number of carbonyl (C=O) groups excluding carboxylic acids is 2. The van der Waals surface area contributed by atoms with Crippen LogP contribution >= 0.6 is 11.6 Å². The van der Waals surface area contributed by atoms with Crippen LogP contribution in [0.5, 0.6) is 5.75 Å². The second-order valence-corrected chi connectivity index (χ2v) is 6.01. The van der Waals surface area contributed by atoms with Gasteiger partial charge in [-0.15, -0.1) is 0 Å². The molecule has 27 heavy (non-hydrogen) atoms. The van der Waals surface area contributed by atoms with Crippen molar-refractivity contribution in [1.82, 2.24) is 9.55 Å². The van der Waals surface area contributed by atoms with E-state index in [1.807, 2.05) is 4.98 Å². The Bertz CT molecular complexity index is 1100. The molecule has 0 aliphatic rings. The Balaban J connectivity index is 1.67. The van der Waals surface area contributed by atoms with Crippen LogP contribution in [0, 0.1) is 0 Å². The smallest absolute Gasteiger partial charge is 0.331 e. The van der Waals surface area contributed by atoms with Gasteiger partial charge < -0.3 is 4.74 Å². The summed E-state index contributed by atoms with van der Waals surface area (Å²) in [4.78, 5) is 48.9. The second-order valence-electron chi connectivity index (χ2n) is 5.57. The topological polar surface area (TPSA) is 98.2 Å². The number of hydrogen-bond acceptors (Lipinski definition) is 5. The number of ketones is 1. The number of carbonyl (C=O) groups is 2. The van der Waals surface area contributed by atoms with Gasteiger partial charge in [-0.25, -0.2) is 9.59 Å². The highest BCUT2D eigenvalue weighted by molar-refractivity contribution is 6.30. The van der Waals surface area contributed by atoms with E-state index in [0.717, 1.165) is 10.6 Å². The molecule has 136 valence electrons. The van der Waals surface area contributed by atoms with E-state index in [2.05, 4.69) is 0 Å². The number of H-pyrrole nitrogens is 1. The number of rotatable bonds is 5. The predicted molar refractivity (Wildman–Crippen MR) is 98.3 cm³/mol. The highest BCUT2D eigenvalue weighted by Crippen LogP contribution is 2.17. The van der Waals surface area contributed by atoms with E-state index < -0.39 is 17.2 Å². The third kappa shape index (κ3) is 4.59. The van der Waals surface area contributed by atoms with Gasteiger partial charge in [0.1, 0.15) is 12.3 Å². The van der Waals surface area contributed by atoms with Crippen LogP contribution in [0.1, 0.15) is 15.9 Å². The van der Waals surface area contributed by atoms with Crippen molar-refractivity contribution in [2.75, 3.05) is 0 Å². The molecule has 0 radical (unpaired) electrons. The van der Waals surface area contributed by atoms with E-state index in [1.165, 1.54) is 30.5 Å². The van der Waals surface area contributed by atoms with E-state index in [4.69, 9.17) is 16.3 Å². The van der Waals surface area contributed by atoms with Gasteiger partial charge in [0.05, 0.1) is 0 Å². The third-order valence-corrected chi connectivity index (χ3v) is 3.90. The minimum absolute atomic E-state index is 0.190. The Morgan fingerprint density at radius 1 is 0.926 bits per heavy atom. The summed E-state index contributed by atoms with van der Waals surface area (Å²) < 4.78 is 6.16. The number of nitrogens with one attached hydrogen (secondary N) is 1. The van der Waals surface area contributed by atoms with Crippen LogP contribution in [0.4, 0.5) is 0 Å². The molecule has 0 saturated heterocycles. The quantitative estimate of drug-likeness (QED) is 0.412. The van der Waals surface area contributed by atoms with Crippen LogP contribution in [-0.4, -0.2) is 21.3 Å². The molecule has 3 rings (SSSR count). The van der Waals surface area contributed by atoms with E-state index in [0.29, 0.717) is 16.1 Å². The van der Waals surface area contributed by atoms with Crippen LogP contribution in [0.2, 0.25) is 5.02 Å². The van der Waals surface area contributed by atoms with Gasteiger partial charge in [-0.2, -0.15) is 0 Å². The Hall–Kier alpha value is -3.45. The summed E-state index contributed by atoms with van der Waals surface area (Å²) >= 11 is 5.81. The zero-order valence-electron chi connectivity index (χ0n) is 13.8. The number of hydrogen-bond donors (Lipinski definition) is 1. The monoisotopic (exact) mass is 384 g/mol. The van der Waals surface area contributed by atoms with Gasteiger partial charge in [0, 0.05) is 28.4 Å². The molecule has 0 saturated carbocycles. The molecule has 1 heterocycles. The van der Waals surface area contributed by atoms with Crippen LogP contribution < -0.4 is 16.0 Å². The summed E-state index contributed by atoms with van der Waals surface area (Å²) in [5, 5.41) is 0.537. The minimum atomic E-state index is -0.705. The van der Waals surface area contributed by atoms with Gasteiger partial charge >= 0.3 is 11.7 Å². The number of halogens is 1. The van der Waals surface area contributed by atoms with Crippen LogP contribution in [0.25, 0.3) is 0 Å². The van der Waals surface area contributed by atoms with E-state index in [1.54, 1.807) is 24.3 Å². The van der Waals surface area contributed by atoms with Gasteiger partial charge in [0.25, 0.3) is 5.56 Å². The first-order valence-corrected chi connectivity index (χ1v) is 8.21. The third-order valence-electron chi connectivity index (χ3n) is 3.65. The fourth-order valence-electron chi connectivity index (χ4n) is 2.31. The standard InChI is InChI=1S/C19H13ClN2O5/c20-14-5-1-12(2-6-14)18(25)13-3-7-15(8-4-13)27-17(24)11-22-10-9-16(23)21-19(22)26/h1-10H,11H2,(H,21,23,26). The maximum atomic E-state index is 12.4. The number of esters is 1.